The van der Waals surface area contributed by atoms with Gasteiger partial charge in [0, 0.05) is 11.1 Å². The highest BCUT2D eigenvalue weighted by atomic mass is 19.1. The molecule has 0 aliphatic rings. The molecule has 0 amide bonds. The third kappa shape index (κ3) is 2.21. The zero-order valence-corrected chi connectivity index (χ0v) is 9.93. The maximum atomic E-state index is 14.0. The van der Waals surface area contributed by atoms with Crippen LogP contribution in [0.15, 0.2) is 36.4 Å². The molecule has 0 spiro atoms. The quantitative estimate of drug-likeness (QED) is 0.711. The Bertz CT molecular complexity index is 545. The van der Waals surface area contributed by atoms with Crippen LogP contribution >= 0.6 is 0 Å². The molecular weight excluding hydrogens is 218 g/mol. The van der Waals surface area contributed by atoms with E-state index in [4.69, 9.17) is 0 Å². The second kappa shape index (κ2) is 4.66. The Kier molecular flexibility index (Phi) is 3.23. The Morgan fingerprint density at radius 1 is 1.00 bits per heavy atom. The zero-order valence-electron chi connectivity index (χ0n) is 9.93. The highest BCUT2D eigenvalue weighted by Gasteiger charge is 2.11. The molecule has 0 aromatic heterocycles. The van der Waals surface area contributed by atoms with E-state index in [-0.39, 0.29) is 5.56 Å². The van der Waals surface area contributed by atoms with Crippen LogP contribution in [0.2, 0.25) is 0 Å². The van der Waals surface area contributed by atoms with E-state index in [0.29, 0.717) is 5.56 Å². The van der Waals surface area contributed by atoms with Crippen molar-refractivity contribution >= 4 is 0 Å². The molecule has 2 heteroatoms. The van der Waals surface area contributed by atoms with Gasteiger partial charge in [-0.25, -0.2) is 8.78 Å². The molecule has 0 saturated carbocycles. The van der Waals surface area contributed by atoms with Crippen molar-refractivity contribution < 1.29 is 8.78 Å². The first-order valence-electron chi connectivity index (χ1n) is 5.54. The van der Waals surface area contributed by atoms with E-state index in [1.807, 2.05) is 32.0 Å². The number of benzene rings is 2. The van der Waals surface area contributed by atoms with Gasteiger partial charge in [0.05, 0.1) is 0 Å². The average molecular weight is 232 g/mol. The SMILES string of the molecule is Cc1ccc(-c2cccc(CF)c2F)c(C)c1. The lowest BCUT2D eigenvalue weighted by atomic mass is 9.97. The smallest absolute Gasteiger partial charge is 0.136 e. The summed E-state index contributed by atoms with van der Waals surface area (Å²) < 4.78 is 26.6. The highest BCUT2D eigenvalue weighted by Crippen LogP contribution is 2.28. The lowest BCUT2D eigenvalue weighted by Gasteiger charge is -2.10. The fraction of sp³-hybridized carbons (Fsp3) is 0.200. The Balaban J connectivity index is 2.60. The summed E-state index contributed by atoms with van der Waals surface area (Å²) in [6.07, 6.45) is 0. The Morgan fingerprint density at radius 2 is 1.76 bits per heavy atom. The molecule has 0 aliphatic carbocycles. The molecule has 17 heavy (non-hydrogen) atoms. The second-order valence-electron chi connectivity index (χ2n) is 4.23. The highest BCUT2D eigenvalue weighted by molar-refractivity contribution is 5.68. The molecule has 0 radical (unpaired) electrons. The molecule has 0 atom stereocenters. The minimum absolute atomic E-state index is 0.113. The van der Waals surface area contributed by atoms with Crippen LogP contribution in [-0.2, 0) is 6.67 Å². The normalized spacial score (nSPS) is 10.6. The van der Waals surface area contributed by atoms with E-state index in [1.165, 1.54) is 6.07 Å². The largest absolute Gasteiger partial charge is 0.246 e. The molecule has 88 valence electrons. The van der Waals surface area contributed by atoms with Gasteiger partial charge in [-0.05, 0) is 25.0 Å². The first kappa shape index (κ1) is 11.8. The fourth-order valence-corrected chi connectivity index (χ4v) is 2.01. The van der Waals surface area contributed by atoms with Crippen LogP contribution in [0.3, 0.4) is 0 Å². The molecule has 2 aromatic rings. The number of alkyl halides is 1. The first-order chi connectivity index (χ1) is 8.13. The lowest BCUT2D eigenvalue weighted by molar-refractivity contribution is 0.464. The van der Waals surface area contributed by atoms with Gasteiger partial charge in [0.1, 0.15) is 12.5 Å². The third-order valence-corrected chi connectivity index (χ3v) is 2.89. The fourth-order valence-electron chi connectivity index (χ4n) is 2.01. The van der Waals surface area contributed by atoms with Gasteiger partial charge in [0.15, 0.2) is 0 Å². The van der Waals surface area contributed by atoms with Gasteiger partial charge in [-0.15, -0.1) is 0 Å². The summed E-state index contributed by atoms with van der Waals surface area (Å²) in [5.74, 6) is -0.457. The predicted octanol–water partition coefficient (Wildman–Crippen LogP) is 4.58. The van der Waals surface area contributed by atoms with E-state index in [2.05, 4.69) is 0 Å². The Labute approximate surface area is 99.9 Å². The first-order valence-corrected chi connectivity index (χ1v) is 5.54. The molecule has 0 saturated heterocycles. The summed E-state index contributed by atoms with van der Waals surface area (Å²) in [6, 6.07) is 10.7. The minimum Gasteiger partial charge on any atom is -0.246 e. The Morgan fingerprint density at radius 3 is 2.41 bits per heavy atom. The van der Waals surface area contributed by atoms with Crippen LogP contribution in [0.4, 0.5) is 8.78 Å². The second-order valence-corrected chi connectivity index (χ2v) is 4.23. The van der Waals surface area contributed by atoms with Gasteiger partial charge >= 0.3 is 0 Å². The molecular formula is C15H14F2. The third-order valence-electron chi connectivity index (χ3n) is 2.89. The monoisotopic (exact) mass is 232 g/mol. The summed E-state index contributed by atoms with van der Waals surface area (Å²) >= 11 is 0. The summed E-state index contributed by atoms with van der Waals surface area (Å²) in [7, 11) is 0. The van der Waals surface area contributed by atoms with E-state index >= 15 is 0 Å². The molecule has 0 aliphatic heterocycles. The van der Waals surface area contributed by atoms with Crippen LogP contribution < -0.4 is 0 Å². The lowest BCUT2D eigenvalue weighted by Crippen LogP contribution is -1.93. The standard InChI is InChI=1S/C15H14F2/c1-10-6-7-13(11(2)8-10)14-5-3-4-12(9-16)15(14)17/h3-8H,9H2,1-2H3. The maximum Gasteiger partial charge on any atom is 0.136 e. The van der Waals surface area contributed by atoms with Crippen molar-refractivity contribution in [2.75, 3.05) is 0 Å². The number of hydrogen-bond acceptors (Lipinski definition) is 0. The maximum absolute atomic E-state index is 14.0. The molecule has 0 nitrogen and oxygen atoms in total. The molecule has 2 rings (SSSR count). The Hall–Kier alpha value is -1.70. The van der Waals surface area contributed by atoms with Crippen LogP contribution in [-0.4, -0.2) is 0 Å². The minimum atomic E-state index is -0.773. The number of hydrogen-bond donors (Lipinski definition) is 0. The molecule has 0 heterocycles. The summed E-state index contributed by atoms with van der Waals surface area (Å²) in [6.45, 7) is 3.15. The van der Waals surface area contributed by atoms with Crippen LogP contribution in [0.25, 0.3) is 11.1 Å². The van der Waals surface area contributed by atoms with E-state index in [1.54, 1.807) is 12.1 Å². The molecule has 2 aromatic carbocycles. The summed E-state index contributed by atoms with van der Waals surface area (Å²) in [4.78, 5) is 0. The van der Waals surface area contributed by atoms with Crippen molar-refractivity contribution in [3.05, 3.63) is 58.9 Å². The molecule has 0 N–H and O–H groups in total. The predicted molar refractivity (Wildman–Crippen MR) is 66.1 cm³/mol. The van der Waals surface area contributed by atoms with Gasteiger partial charge in [0.2, 0.25) is 0 Å². The van der Waals surface area contributed by atoms with Crippen LogP contribution in [0.5, 0.6) is 0 Å². The van der Waals surface area contributed by atoms with E-state index in [9.17, 15) is 8.78 Å². The summed E-state index contributed by atoms with van der Waals surface area (Å²) in [5.41, 5.74) is 3.54. The van der Waals surface area contributed by atoms with Gasteiger partial charge in [0.25, 0.3) is 0 Å². The summed E-state index contributed by atoms with van der Waals surface area (Å²) in [5, 5.41) is 0. The van der Waals surface area contributed by atoms with Crippen molar-refractivity contribution in [3.8, 4) is 11.1 Å². The van der Waals surface area contributed by atoms with Crippen molar-refractivity contribution in [1.29, 1.82) is 0 Å². The van der Waals surface area contributed by atoms with Gasteiger partial charge < -0.3 is 0 Å². The molecule has 0 bridgehead atoms. The van der Waals surface area contributed by atoms with Crippen molar-refractivity contribution in [2.45, 2.75) is 20.5 Å². The van der Waals surface area contributed by atoms with Crippen molar-refractivity contribution in [3.63, 3.8) is 0 Å². The zero-order chi connectivity index (χ0) is 12.4. The van der Waals surface area contributed by atoms with Crippen molar-refractivity contribution in [1.82, 2.24) is 0 Å². The number of halogens is 2. The average Bonchev–Trinajstić information content (AvgIpc) is 2.30. The number of rotatable bonds is 2. The van der Waals surface area contributed by atoms with Gasteiger partial charge in [-0.2, -0.15) is 0 Å². The molecule has 0 unspecified atom stereocenters. The topological polar surface area (TPSA) is 0 Å². The van der Waals surface area contributed by atoms with E-state index < -0.39 is 12.5 Å². The van der Waals surface area contributed by atoms with Gasteiger partial charge in [-0.3, -0.25) is 0 Å². The van der Waals surface area contributed by atoms with Crippen molar-refractivity contribution in [2.24, 2.45) is 0 Å². The molecule has 0 fully saturated rings. The van der Waals surface area contributed by atoms with Crippen LogP contribution in [0, 0.1) is 19.7 Å². The van der Waals surface area contributed by atoms with Crippen LogP contribution in [0.1, 0.15) is 16.7 Å². The van der Waals surface area contributed by atoms with E-state index in [0.717, 1.165) is 16.7 Å². The van der Waals surface area contributed by atoms with Gasteiger partial charge in [-0.1, -0.05) is 42.0 Å². The number of aryl methyl sites for hydroxylation is 2.